The van der Waals surface area contributed by atoms with Gasteiger partial charge in [-0.3, -0.25) is 0 Å². The fraction of sp³-hybridized carbons (Fsp3) is 0.333. The molecule has 0 unspecified atom stereocenters. The Labute approximate surface area is 143 Å². The quantitative estimate of drug-likeness (QED) is 0.614. The van der Waals surface area contributed by atoms with Crippen LogP contribution in [0.5, 0.6) is 0 Å². The Balaban J connectivity index is 2.08. The Hall–Kier alpha value is -2.42. The van der Waals surface area contributed by atoms with Gasteiger partial charge in [0.05, 0.1) is 16.8 Å². The van der Waals surface area contributed by atoms with Gasteiger partial charge in [-0.2, -0.15) is 5.10 Å². The zero-order chi connectivity index (χ0) is 16.9. The van der Waals surface area contributed by atoms with Crippen LogP contribution in [0.4, 0.5) is 5.82 Å². The molecule has 2 aromatic carbocycles. The highest BCUT2D eigenvalue weighted by Crippen LogP contribution is 2.43. The topological polar surface area (TPSA) is 30.2 Å². The summed E-state index contributed by atoms with van der Waals surface area (Å²) in [7, 11) is 0. The molecule has 0 spiro atoms. The molecule has 1 aromatic heterocycles. The van der Waals surface area contributed by atoms with Crippen LogP contribution in [0, 0.1) is 0 Å². The molecule has 0 bridgehead atoms. The van der Waals surface area contributed by atoms with Crippen LogP contribution in [0.15, 0.2) is 47.5 Å². The molecule has 4 rings (SSSR count). The van der Waals surface area contributed by atoms with Gasteiger partial charge in [-0.1, -0.05) is 49.4 Å². The van der Waals surface area contributed by atoms with Gasteiger partial charge < -0.3 is 0 Å². The molecule has 0 N–H and O–H groups in total. The van der Waals surface area contributed by atoms with Gasteiger partial charge in [0.2, 0.25) is 0 Å². The van der Waals surface area contributed by atoms with Crippen LogP contribution in [0.1, 0.15) is 39.8 Å². The maximum Gasteiger partial charge on any atom is 0.159 e. The first kappa shape index (κ1) is 15.1. The Kier molecular flexibility index (Phi) is 3.34. The number of benzene rings is 2. The number of hydrogen-bond donors (Lipinski definition) is 0. The van der Waals surface area contributed by atoms with Crippen molar-refractivity contribution >= 4 is 22.3 Å². The van der Waals surface area contributed by atoms with E-state index in [-0.39, 0.29) is 5.54 Å². The molecule has 0 atom stereocenters. The standard InChI is InChI=1S/C21H23N3/c1-5-18-19(17-12-8-10-15-9-6-7-11-16(15)17)20-22-14(2)13-21(3,4)24(20)23-18/h6-12H,5,13H2,1-4H3. The lowest BCUT2D eigenvalue weighted by Crippen LogP contribution is -2.32. The Morgan fingerprint density at radius 3 is 2.62 bits per heavy atom. The SMILES string of the molecule is CCc1nn2c(c1-c1cccc3ccccc13)N=C(C)CC2(C)C. The summed E-state index contributed by atoms with van der Waals surface area (Å²) in [6, 6.07) is 15.0. The molecule has 0 saturated carbocycles. The largest absolute Gasteiger partial charge is 0.241 e. The lowest BCUT2D eigenvalue weighted by molar-refractivity contribution is 0.326. The van der Waals surface area contributed by atoms with Crippen LogP contribution < -0.4 is 0 Å². The van der Waals surface area contributed by atoms with Crippen molar-refractivity contribution in [2.45, 2.75) is 46.1 Å². The predicted molar refractivity (Wildman–Crippen MR) is 101 cm³/mol. The number of aliphatic imine (C=N–C) groups is 1. The number of hydrogen-bond acceptors (Lipinski definition) is 2. The highest BCUT2D eigenvalue weighted by molar-refractivity contribution is 6.00. The third kappa shape index (κ3) is 2.19. The van der Waals surface area contributed by atoms with Gasteiger partial charge in [-0.15, -0.1) is 0 Å². The van der Waals surface area contributed by atoms with Gasteiger partial charge in [-0.25, -0.2) is 9.67 Å². The average molecular weight is 317 g/mol. The van der Waals surface area contributed by atoms with E-state index in [4.69, 9.17) is 10.1 Å². The van der Waals surface area contributed by atoms with Gasteiger partial charge in [-0.05, 0) is 43.5 Å². The number of aryl methyl sites for hydroxylation is 1. The summed E-state index contributed by atoms with van der Waals surface area (Å²) >= 11 is 0. The molecular weight excluding hydrogens is 294 g/mol. The smallest absolute Gasteiger partial charge is 0.159 e. The van der Waals surface area contributed by atoms with Crippen LogP contribution in [-0.4, -0.2) is 15.5 Å². The van der Waals surface area contributed by atoms with Gasteiger partial charge in [0.15, 0.2) is 5.82 Å². The molecule has 122 valence electrons. The van der Waals surface area contributed by atoms with Crippen molar-refractivity contribution in [2.24, 2.45) is 4.99 Å². The van der Waals surface area contributed by atoms with Gasteiger partial charge >= 0.3 is 0 Å². The average Bonchev–Trinajstić information content (AvgIpc) is 2.93. The molecule has 1 aliphatic rings. The fourth-order valence-corrected chi connectivity index (χ4v) is 3.87. The normalized spacial score (nSPS) is 16.1. The van der Waals surface area contributed by atoms with E-state index in [0.717, 1.165) is 24.4 Å². The first-order chi connectivity index (χ1) is 11.5. The van der Waals surface area contributed by atoms with Crippen molar-refractivity contribution in [2.75, 3.05) is 0 Å². The first-order valence-electron chi connectivity index (χ1n) is 8.66. The summed E-state index contributed by atoms with van der Waals surface area (Å²) < 4.78 is 2.13. The highest BCUT2D eigenvalue weighted by Gasteiger charge is 2.32. The van der Waals surface area contributed by atoms with Crippen LogP contribution in [0.25, 0.3) is 21.9 Å². The molecule has 0 aliphatic carbocycles. The van der Waals surface area contributed by atoms with E-state index in [1.165, 1.54) is 27.6 Å². The van der Waals surface area contributed by atoms with Crippen LogP contribution >= 0.6 is 0 Å². The molecule has 0 amide bonds. The second kappa shape index (κ2) is 5.30. The Morgan fingerprint density at radius 1 is 1.08 bits per heavy atom. The molecular formula is C21H23N3. The van der Waals surface area contributed by atoms with E-state index in [0.29, 0.717) is 0 Å². The molecule has 3 nitrogen and oxygen atoms in total. The van der Waals surface area contributed by atoms with E-state index in [1.807, 2.05) is 0 Å². The Morgan fingerprint density at radius 2 is 1.83 bits per heavy atom. The predicted octanol–water partition coefficient (Wildman–Crippen LogP) is 5.50. The third-order valence-corrected chi connectivity index (χ3v) is 4.89. The molecule has 0 saturated heterocycles. The molecule has 1 aliphatic heterocycles. The van der Waals surface area contributed by atoms with E-state index < -0.39 is 0 Å². The lowest BCUT2D eigenvalue weighted by atomic mass is 9.94. The number of nitrogens with zero attached hydrogens (tertiary/aromatic N) is 3. The summed E-state index contributed by atoms with van der Waals surface area (Å²) in [6.07, 6.45) is 1.85. The Bertz CT molecular complexity index is 955. The molecule has 24 heavy (non-hydrogen) atoms. The van der Waals surface area contributed by atoms with Gasteiger partial charge in [0.25, 0.3) is 0 Å². The number of fused-ring (bicyclic) bond motifs is 2. The molecule has 0 radical (unpaired) electrons. The van der Waals surface area contributed by atoms with Gasteiger partial charge in [0.1, 0.15) is 0 Å². The van der Waals surface area contributed by atoms with Crippen molar-refractivity contribution in [1.29, 1.82) is 0 Å². The minimum absolute atomic E-state index is 0.0338. The third-order valence-electron chi connectivity index (χ3n) is 4.89. The van der Waals surface area contributed by atoms with Crippen LogP contribution in [0.2, 0.25) is 0 Å². The van der Waals surface area contributed by atoms with E-state index in [1.54, 1.807) is 0 Å². The molecule has 2 heterocycles. The molecule has 3 heteroatoms. The summed E-state index contributed by atoms with van der Waals surface area (Å²) in [4.78, 5) is 4.91. The van der Waals surface area contributed by atoms with E-state index >= 15 is 0 Å². The second-order valence-electron chi connectivity index (χ2n) is 7.27. The monoisotopic (exact) mass is 317 g/mol. The van der Waals surface area contributed by atoms with E-state index in [9.17, 15) is 0 Å². The fourth-order valence-electron chi connectivity index (χ4n) is 3.87. The van der Waals surface area contributed by atoms with Crippen LogP contribution in [-0.2, 0) is 12.0 Å². The maximum atomic E-state index is 4.95. The van der Waals surface area contributed by atoms with Crippen molar-refractivity contribution < 1.29 is 0 Å². The highest BCUT2D eigenvalue weighted by atomic mass is 15.4. The number of rotatable bonds is 2. The minimum atomic E-state index is -0.0338. The van der Waals surface area contributed by atoms with Crippen molar-refractivity contribution in [3.8, 4) is 11.1 Å². The number of aromatic nitrogens is 2. The summed E-state index contributed by atoms with van der Waals surface area (Å²) in [6.45, 7) is 8.78. The summed E-state index contributed by atoms with van der Waals surface area (Å²) in [5, 5.41) is 7.47. The summed E-state index contributed by atoms with van der Waals surface area (Å²) in [5.41, 5.74) is 4.71. The zero-order valence-corrected chi connectivity index (χ0v) is 14.8. The second-order valence-corrected chi connectivity index (χ2v) is 7.27. The first-order valence-corrected chi connectivity index (χ1v) is 8.66. The minimum Gasteiger partial charge on any atom is -0.241 e. The maximum absolute atomic E-state index is 4.95. The molecule has 0 fully saturated rings. The van der Waals surface area contributed by atoms with Crippen LogP contribution in [0.3, 0.4) is 0 Å². The zero-order valence-electron chi connectivity index (χ0n) is 14.8. The molecule has 3 aromatic rings. The van der Waals surface area contributed by atoms with Crippen molar-refractivity contribution in [3.63, 3.8) is 0 Å². The van der Waals surface area contributed by atoms with Crippen molar-refractivity contribution in [3.05, 3.63) is 48.2 Å². The van der Waals surface area contributed by atoms with Crippen molar-refractivity contribution in [1.82, 2.24) is 9.78 Å². The van der Waals surface area contributed by atoms with E-state index in [2.05, 4.69) is 74.8 Å². The summed E-state index contributed by atoms with van der Waals surface area (Å²) in [5.74, 6) is 1.01. The lowest BCUT2D eigenvalue weighted by Gasteiger charge is -2.30. The van der Waals surface area contributed by atoms with Gasteiger partial charge in [0, 0.05) is 12.1 Å².